The summed E-state index contributed by atoms with van der Waals surface area (Å²) in [5.41, 5.74) is 1.88. The average molecular weight is 363 g/mol. The molecule has 2 unspecified atom stereocenters. The highest BCUT2D eigenvalue weighted by Gasteiger charge is 2.34. The number of hydrogen-bond acceptors (Lipinski definition) is 4. The Morgan fingerprint density at radius 3 is 2.54 bits per heavy atom. The number of benzene rings is 1. The molecule has 0 spiro atoms. The predicted octanol–water partition coefficient (Wildman–Crippen LogP) is 3.73. The first kappa shape index (κ1) is 17.2. The minimum absolute atomic E-state index is 0.389. The zero-order valence-electron chi connectivity index (χ0n) is 14.4. The van der Waals surface area contributed by atoms with Crippen molar-refractivity contribution in [3.63, 3.8) is 0 Å². The summed E-state index contributed by atoms with van der Waals surface area (Å²) in [6, 6.07) is 9.50. The maximum atomic E-state index is 12.8. The second-order valence-electron chi connectivity index (χ2n) is 6.67. The molecule has 1 aromatic carbocycles. The van der Waals surface area contributed by atoms with Crippen LogP contribution in [-0.2, 0) is 24.7 Å². The zero-order valence-corrected chi connectivity index (χ0v) is 16.2. The molecule has 1 aliphatic carbocycles. The van der Waals surface area contributed by atoms with Gasteiger partial charge < -0.3 is 13.9 Å². The number of rotatable bonds is 6. The number of ether oxygens (including phenoxy) is 2. The number of hydrogen-bond donors (Lipinski definition) is 0. The number of methoxy groups -OCH3 is 1. The monoisotopic (exact) mass is 362 g/mol. The van der Waals surface area contributed by atoms with Gasteiger partial charge in [0.15, 0.2) is 0 Å². The molecule has 128 valence electrons. The van der Waals surface area contributed by atoms with Gasteiger partial charge in [-0.25, -0.2) is 0 Å². The summed E-state index contributed by atoms with van der Waals surface area (Å²) >= 11 is 0. The highest BCUT2D eigenvalue weighted by Crippen LogP contribution is 2.40. The Hall–Kier alpha value is -1.63. The Kier molecular flexibility index (Phi) is 4.80. The van der Waals surface area contributed by atoms with E-state index in [1.54, 1.807) is 7.11 Å². The minimum Gasteiger partial charge on any atom is -0.544 e. The third-order valence-corrected chi connectivity index (χ3v) is 5.81. The lowest BCUT2D eigenvalue weighted by Gasteiger charge is -2.21. The van der Waals surface area contributed by atoms with Crippen LogP contribution >= 0.6 is 0 Å². The van der Waals surface area contributed by atoms with E-state index in [-0.39, 0.29) is 6.29 Å². The van der Waals surface area contributed by atoms with Crippen molar-refractivity contribution < 1.29 is 18.1 Å². The van der Waals surface area contributed by atoms with E-state index in [2.05, 4.69) is 19.6 Å². The van der Waals surface area contributed by atoms with Crippen LogP contribution < -0.4 is 0 Å². The maximum Gasteiger partial charge on any atom is 0.242 e. The summed E-state index contributed by atoms with van der Waals surface area (Å²) in [5.74, 6) is 1.93. The lowest BCUT2D eigenvalue weighted by molar-refractivity contribution is -0.0449. The Morgan fingerprint density at radius 2 is 1.92 bits per heavy atom. The van der Waals surface area contributed by atoms with Crippen molar-refractivity contribution in [1.29, 1.82) is 0 Å². The van der Waals surface area contributed by atoms with Crippen LogP contribution in [0.3, 0.4) is 0 Å². The van der Waals surface area contributed by atoms with Gasteiger partial charge in [0.2, 0.25) is 14.6 Å². The second kappa shape index (κ2) is 6.70. The first-order valence-electron chi connectivity index (χ1n) is 7.87. The predicted molar refractivity (Wildman–Crippen MR) is 97.2 cm³/mol. The number of fused-ring (bicyclic) bond motifs is 1. The molecule has 0 bridgehead atoms. The summed E-state index contributed by atoms with van der Waals surface area (Å²) in [7, 11) is -1.32. The molecule has 2 atom stereocenters. The van der Waals surface area contributed by atoms with Crippen molar-refractivity contribution in [2.24, 2.45) is 0 Å². The van der Waals surface area contributed by atoms with Gasteiger partial charge in [0.1, 0.15) is 11.5 Å². The van der Waals surface area contributed by atoms with Gasteiger partial charge in [-0.2, -0.15) is 0 Å². The van der Waals surface area contributed by atoms with Gasteiger partial charge in [0, 0.05) is 29.2 Å². The van der Waals surface area contributed by atoms with E-state index in [0.29, 0.717) is 5.75 Å². The summed E-state index contributed by atoms with van der Waals surface area (Å²) in [6.07, 6.45) is 3.43. The molecule has 2 aliphatic rings. The van der Waals surface area contributed by atoms with Gasteiger partial charge in [-0.1, -0.05) is 18.2 Å². The van der Waals surface area contributed by atoms with Crippen LogP contribution in [0.15, 0.2) is 70.0 Å². The molecule has 6 heteroatoms. The first-order chi connectivity index (χ1) is 11.4. The van der Waals surface area contributed by atoms with E-state index in [1.165, 1.54) is 0 Å². The van der Waals surface area contributed by atoms with Crippen LogP contribution in [0.5, 0.6) is 0 Å². The lowest BCUT2D eigenvalue weighted by Crippen LogP contribution is -2.25. The van der Waals surface area contributed by atoms with Gasteiger partial charge in [0.05, 0.1) is 16.6 Å². The average Bonchev–Trinajstić information content (AvgIpc) is 3.05. The molecule has 4 nitrogen and oxygen atoms in total. The summed E-state index contributed by atoms with van der Waals surface area (Å²) in [6.45, 7) is 6.39. The van der Waals surface area contributed by atoms with Crippen molar-refractivity contribution in [2.45, 2.75) is 30.8 Å². The van der Waals surface area contributed by atoms with E-state index >= 15 is 0 Å². The molecule has 0 aromatic heterocycles. The second-order valence-corrected chi connectivity index (χ2v) is 12.6. The quantitative estimate of drug-likeness (QED) is 0.724. The highest BCUT2D eigenvalue weighted by molar-refractivity contribution is 7.85. The zero-order chi connectivity index (χ0) is 17.3. The molecule has 0 saturated heterocycles. The lowest BCUT2D eigenvalue weighted by atomic mass is 10.1. The SMILES string of the molecule is COC1C=C2C(=CC(O[Si](C)(C)C)=C2CS(=O)c2ccccc2)O1. The fourth-order valence-electron chi connectivity index (χ4n) is 2.61. The van der Waals surface area contributed by atoms with Crippen LogP contribution in [-0.4, -0.2) is 31.7 Å². The summed E-state index contributed by atoms with van der Waals surface area (Å²) < 4.78 is 30.0. The van der Waals surface area contributed by atoms with Crippen LogP contribution in [0.25, 0.3) is 0 Å². The Morgan fingerprint density at radius 1 is 1.21 bits per heavy atom. The molecular formula is C18H22O4SSi. The maximum absolute atomic E-state index is 12.8. The smallest absolute Gasteiger partial charge is 0.242 e. The Labute approximate surface area is 146 Å². The first-order valence-corrected chi connectivity index (χ1v) is 12.6. The Bertz CT molecular complexity index is 744. The fraction of sp³-hybridized carbons (Fsp3) is 0.333. The molecule has 3 rings (SSSR count). The molecule has 0 radical (unpaired) electrons. The molecular weight excluding hydrogens is 340 g/mol. The molecule has 0 N–H and O–H groups in total. The third-order valence-electron chi connectivity index (χ3n) is 3.63. The molecule has 0 amide bonds. The van der Waals surface area contributed by atoms with E-state index in [9.17, 15) is 4.21 Å². The molecule has 0 fully saturated rings. The van der Waals surface area contributed by atoms with E-state index in [4.69, 9.17) is 13.9 Å². The van der Waals surface area contributed by atoms with Gasteiger partial charge in [-0.15, -0.1) is 0 Å². The van der Waals surface area contributed by atoms with Crippen molar-refractivity contribution in [2.75, 3.05) is 12.9 Å². The van der Waals surface area contributed by atoms with Crippen LogP contribution in [0.2, 0.25) is 19.6 Å². The van der Waals surface area contributed by atoms with Crippen molar-refractivity contribution in [3.8, 4) is 0 Å². The number of allylic oxidation sites excluding steroid dienone is 2. The van der Waals surface area contributed by atoms with Crippen molar-refractivity contribution in [3.05, 3.63) is 65.1 Å². The summed E-state index contributed by atoms with van der Waals surface area (Å²) in [5, 5.41) is 0. The van der Waals surface area contributed by atoms with Gasteiger partial charge in [0.25, 0.3) is 0 Å². The van der Waals surface area contributed by atoms with Crippen LogP contribution in [0, 0.1) is 0 Å². The summed E-state index contributed by atoms with van der Waals surface area (Å²) in [4.78, 5) is 0.814. The molecule has 1 aromatic rings. The molecule has 24 heavy (non-hydrogen) atoms. The van der Waals surface area contributed by atoms with Crippen molar-refractivity contribution >= 4 is 19.1 Å². The standard InChI is InChI=1S/C18H22O4SSi/c1-20-18-10-14-15(12-23(19)13-8-6-5-7-9-13)17(11-16(14)21-18)22-24(2,3)4/h5-11,18H,12H2,1-4H3. The fourth-order valence-corrected chi connectivity index (χ4v) is 4.64. The Balaban J connectivity index is 1.91. The largest absolute Gasteiger partial charge is 0.544 e. The van der Waals surface area contributed by atoms with E-state index in [0.717, 1.165) is 27.6 Å². The van der Waals surface area contributed by atoms with Crippen LogP contribution in [0.1, 0.15) is 0 Å². The molecule has 1 aliphatic heterocycles. The van der Waals surface area contributed by atoms with E-state index < -0.39 is 19.1 Å². The van der Waals surface area contributed by atoms with Gasteiger partial charge in [-0.05, 0) is 37.8 Å². The molecule has 0 saturated carbocycles. The van der Waals surface area contributed by atoms with E-state index in [1.807, 2.05) is 42.5 Å². The topological polar surface area (TPSA) is 44.8 Å². The highest BCUT2D eigenvalue weighted by atomic mass is 32.2. The van der Waals surface area contributed by atoms with Crippen LogP contribution in [0.4, 0.5) is 0 Å². The third kappa shape index (κ3) is 3.71. The normalized spacial score (nSPS) is 21.1. The molecule has 1 heterocycles. The van der Waals surface area contributed by atoms with Crippen molar-refractivity contribution in [1.82, 2.24) is 0 Å². The van der Waals surface area contributed by atoms with Gasteiger partial charge in [-0.3, -0.25) is 4.21 Å². The van der Waals surface area contributed by atoms with Gasteiger partial charge >= 0.3 is 0 Å². The minimum atomic E-state index is -1.78.